The molecule has 5 heteroatoms. The minimum atomic E-state index is -0.143. The van der Waals surface area contributed by atoms with Gasteiger partial charge in [-0.25, -0.2) is 0 Å². The Labute approximate surface area is 180 Å². The molecule has 1 aromatic heterocycles. The molecule has 5 nitrogen and oxygen atoms in total. The predicted molar refractivity (Wildman–Crippen MR) is 123 cm³/mol. The van der Waals surface area contributed by atoms with E-state index in [9.17, 15) is 4.79 Å². The number of fused-ring (bicyclic) bond motifs is 1. The van der Waals surface area contributed by atoms with E-state index in [2.05, 4.69) is 4.98 Å². The Kier molecular flexibility index (Phi) is 5.76. The lowest BCUT2D eigenvalue weighted by Gasteiger charge is -2.15. The van der Waals surface area contributed by atoms with Crippen molar-refractivity contribution < 1.29 is 19.0 Å². The SMILES string of the molecule is COc1cc(C(=O)C(=Cc2c[nH]c3ccccc23)c2ccccc2)cc(OC)c1OC. The molecule has 156 valence electrons. The van der Waals surface area contributed by atoms with Crippen LogP contribution in [0.3, 0.4) is 0 Å². The molecular formula is C26H23NO4. The second-order valence-electron chi connectivity index (χ2n) is 6.96. The highest BCUT2D eigenvalue weighted by Gasteiger charge is 2.21. The van der Waals surface area contributed by atoms with Crippen molar-refractivity contribution in [2.45, 2.75) is 0 Å². The third-order valence-corrected chi connectivity index (χ3v) is 5.18. The molecule has 0 saturated carbocycles. The smallest absolute Gasteiger partial charge is 0.203 e. The van der Waals surface area contributed by atoms with Crippen LogP contribution < -0.4 is 14.2 Å². The van der Waals surface area contributed by atoms with Crippen molar-refractivity contribution in [3.63, 3.8) is 0 Å². The number of carbonyl (C=O) groups excluding carboxylic acids is 1. The fourth-order valence-electron chi connectivity index (χ4n) is 3.63. The molecule has 0 aliphatic carbocycles. The van der Waals surface area contributed by atoms with E-state index in [1.165, 1.54) is 21.3 Å². The number of nitrogens with one attached hydrogen (secondary N) is 1. The number of ether oxygens (including phenoxy) is 3. The van der Waals surface area contributed by atoms with Gasteiger partial charge in [-0.15, -0.1) is 0 Å². The second kappa shape index (κ2) is 8.79. The van der Waals surface area contributed by atoms with Gasteiger partial charge in [0.2, 0.25) is 5.75 Å². The van der Waals surface area contributed by atoms with Gasteiger partial charge in [0, 0.05) is 33.8 Å². The number of benzene rings is 3. The molecule has 0 radical (unpaired) electrons. The zero-order valence-electron chi connectivity index (χ0n) is 17.6. The average molecular weight is 413 g/mol. The van der Waals surface area contributed by atoms with Crippen molar-refractivity contribution >= 4 is 28.3 Å². The molecule has 0 saturated heterocycles. The average Bonchev–Trinajstić information content (AvgIpc) is 3.24. The minimum absolute atomic E-state index is 0.143. The van der Waals surface area contributed by atoms with Gasteiger partial charge in [0.05, 0.1) is 21.3 Å². The van der Waals surface area contributed by atoms with Crippen LogP contribution in [0.1, 0.15) is 21.5 Å². The summed E-state index contributed by atoms with van der Waals surface area (Å²) in [5, 5.41) is 1.05. The first kappa shape index (κ1) is 20.3. The summed E-state index contributed by atoms with van der Waals surface area (Å²) in [6.45, 7) is 0. The van der Waals surface area contributed by atoms with Crippen LogP contribution in [0.5, 0.6) is 17.2 Å². The molecule has 0 unspecified atom stereocenters. The molecule has 3 aromatic carbocycles. The summed E-state index contributed by atoms with van der Waals surface area (Å²) < 4.78 is 16.3. The molecule has 0 aliphatic heterocycles. The van der Waals surface area contributed by atoms with Gasteiger partial charge in [-0.2, -0.15) is 0 Å². The Morgan fingerprint density at radius 2 is 1.45 bits per heavy atom. The van der Waals surface area contributed by atoms with E-state index in [0.29, 0.717) is 28.4 Å². The van der Waals surface area contributed by atoms with Crippen molar-refractivity contribution in [2.24, 2.45) is 0 Å². The Morgan fingerprint density at radius 1 is 0.806 bits per heavy atom. The number of carbonyl (C=O) groups is 1. The molecular weight excluding hydrogens is 390 g/mol. The molecule has 0 aliphatic rings. The summed E-state index contributed by atoms with van der Waals surface area (Å²) in [6.07, 6.45) is 3.83. The van der Waals surface area contributed by atoms with Gasteiger partial charge in [-0.3, -0.25) is 4.79 Å². The van der Waals surface area contributed by atoms with Gasteiger partial charge < -0.3 is 19.2 Å². The molecule has 0 amide bonds. The van der Waals surface area contributed by atoms with Gasteiger partial charge in [0.25, 0.3) is 0 Å². The largest absolute Gasteiger partial charge is 0.493 e. The first-order valence-corrected chi connectivity index (χ1v) is 9.84. The van der Waals surface area contributed by atoms with E-state index in [1.54, 1.807) is 12.1 Å². The molecule has 4 aromatic rings. The van der Waals surface area contributed by atoms with Crippen LogP contribution in [-0.4, -0.2) is 32.1 Å². The lowest BCUT2D eigenvalue weighted by atomic mass is 9.94. The molecule has 0 atom stereocenters. The third kappa shape index (κ3) is 3.90. The van der Waals surface area contributed by atoms with Crippen molar-refractivity contribution in [3.05, 3.63) is 89.6 Å². The number of hydrogen-bond acceptors (Lipinski definition) is 4. The zero-order chi connectivity index (χ0) is 21.8. The maximum atomic E-state index is 13.7. The van der Waals surface area contributed by atoms with E-state index >= 15 is 0 Å². The lowest BCUT2D eigenvalue weighted by Crippen LogP contribution is -2.05. The summed E-state index contributed by atoms with van der Waals surface area (Å²) in [7, 11) is 4.60. The van der Waals surface area contributed by atoms with Crippen LogP contribution in [0, 0.1) is 0 Å². The zero-order valence-corrected chi connectivity index (χ0v) is 17.6. The lowest BCUT2D eigenvalue weighted by molar-refractivity contribution is 0.105. The molecule has 1 heterocycles. The van der Waals surface area contributed by atoms with Crippen molar-refractivity contribution in [3.8, 4) is 17.2 Å². The van der Waals surface area contributed by atoms with E-state index < -0.39 is 0 Å². The van der Waals surface area contributed by atoms with Crippen LogP contribution in [-0.2, 0) is 0 Å². The first-order valence-electron chi connectivity index (χ1n) is 9.84. The van der Waals surface area contributed by atoms with E-state index in [0.717, 1.165) is 22.0 Å². The van der Waals surface area contributed by atoms with Crippen molar-refractivity contribution in [2.75, 3.05) is 21.3 Å². The van der Waals surface area contributed by atoms with Crippen LogP contribution in [0.4, 0.5) is 0 Å². The number of hydrogen-bond donors (Lipinski definition) is 1. The monoisotopic (exact) mass is 413 g/mol. The van der Waals surface area contributed by atoms with E-state index in [4.69, 9.17) is 14.2 Å². The molecule has 31 heavy (non-hydrogen) atoms. The summed E-state index contributed by atoms with van der Waals surface area (Å²) in [5.41, 5.74) is 3.80. The van der Waals surface area contributed by atoms with Crippen LogP contribution >= 0.6 is 0 Å². The normalized spacial score (nSPS) is 11.4. The number of aromatic nitrogens is 1. The minimum Gasteiger partial charge on any atom is -0.493 e. The summed E-state index contributed by atoms with van der Waals surface area (Å²) in [4.78, 5) is 17.0. The second-order valence-corrected chi connectivity index (χ2v) is 6.96. The first-order chi connectivity index (χ1) is 15.2. The molecule has 0 spiro atoms. The highest BCUT2D eigenvalue weighted by Crippen LogP contribution is 2.39. The number of rotatable bonds is 7. The molecule has 0 bridgehead atoms. The summed E-state index contributed by atoms with van der Waals surface area (Å²) >= 11 is 0. The van der Waals surface area contributed by atoms with Crippen LogP contribution in [0.2, 0.25) is 0 Å². The highest BCUT2D eigenvalue weighted by atomic mass is 16.5. The Hall–Kier alpha value is -3.99. The molecule has 4 rings (SSSR count). The van der Waals surface area contributed by atoms with E-state index in [-0.39, 0.29) is 5.78 Å². The number of methoxy groups -OCH3 is 3. The van der Waals surface area contributed by atoms with Gasteiger partial charge in [0.1, 0.15) is 0 Å². The Bertz CT molecular complexity index is 1230. The fraction of sp³-hybridized carbons (Fsp3) is 0.115. The molecule has 0 fully saturated rings. The number of aromatic amines is 1. The molecule has 1 N–H and O–H groups in total. The predicted octanol–water partition coefficient (Wildman–Crippen LogP) is 5.62. The number of allylic oxidation sites excluding steroid dienone is 1. The van der Waals surface area contributed by atoms with Gasteiger partial charge in [-0.1, -0.05) is 48.5 Å². The topological polar surface area (TPSA) is 60.6 Å². The third-order valence-electron chi connectivity index (χ3n) is 5.18. The van der Waals surface area contributed by atoms with Crippen molar-refractivity contribution in [1.29, 1.82) is 0 Å². The maximum absolute atomic E-state index is 13.7. The van der Waals surface area contributed by atoms with Crippen molar-refractivity contribution in [1.82, 2.24) is 4.98 Å². The number of Topliss-reactive ketones (excluding diaryl/α,β-unsaturated/α-hetero) is 1. The highest BCUT2D eigenvalue weighted by molar-refractivity contribution is 6.33. The number of H-pyrrole nitrogens is 1. The quantitative estimate of drug-likeness (QED) is 0.316. The van der Waals surface area contributed by atoms with Gasteiger partial charge in [0.15, 0.2) is 17.3 Å². The van der Waals surface area contributed by atoms with Gasteiger partial charge >= 0.3 is 0 Å². The fourth-order valence-corrected chi connectivity index (χ4v) is 3.63. The van der Waals surface area contributed by atoms with E-state index in [1.807, 2.05) is 66.9 Å². The van der Waals surface area contributed by atoms with Crippen LogP contribution in [0.15, 0.2) is 72.9 Å². The Morgan fingerprint density at radius 3 is 2.10 bits per heavy atom. The van der Waals surface area contributed by atoms with Crippen LogP contribution in [0.25, 0.3) is 22.6 Å². The van der Waals surface area contributed by atoms with Gasteiger partial charge in [-0.05, 0) is 29.8 Å². The number of para-hydroxylation sites is 1. The summed E-state index contributed by atoms with van der Waals surface area (Å²) in [6, 6.07) is 21.0. The maximum Gasteiger partial charge on any atom is 0.203 e. The Balaban J connectivity index is 1.88. The summed E-state index contributed by atoms with van der Waals surface area (Å²) in [5.74, 6) is 1.17. The number of ketones is 1. The standard InChI is InChI=1S/C26H23NO4/c1-29-23-14-18(15-24(30-2)26(23)31-3)25(28)21(17-9-5-4-6-10-17)13-19-16-27-22-12-8-7-11-20(19)22/h4-16,27H,1-3H3.